The Labute approximate surface area is 210 Å². The van der Waals surface area contributed by atoms with Crippen LogP contribution in [-0.4, -0.2) is 12.9 Å². The van der Waals surface area contributed by atoms with E-state index in [1.807, 2.05) is 39.8 Å². The number of rotatable bonds is 11. The Bertz CT molecular complexity index is 988. The van der Waals surface area contributed by atoms with Gasteiger partial charge in [-0.25, -0.2) is 13.2 Å². The lowest BCUT2D eigenvalue weighted by Crippen LogP contribution is -2.25. The van der Waals surface area contributed by atoms with Crippen molar-refractivity contribution in [2.24, 2.45) is 4.99 Å². The first-order valence-corrected chi connectivity index (χ1v) is 12.2. The van der Waals surface area contributed by atoms with Crippen LogP contribution in [0.4, 0.5) is 13.2 Å². The standard InChI is InChI=1S/C27H36BrF3N2O/c1-8-10-14-24(34-7)23(28)15-22(17(3)4)27(33-19(6)18(5)9-2)32-16-20-12-11-13-21(25(20)29)26(30)31/h11-15,26H,8-10,16H2,1-7H3,(H,32,33)/b19-18+,23-15+,24-14-. The van der Waals surface area contributed by atoms with Gasteiger partial charge >= 0.3 is 0 Å². The lowest BCUT2D eigenvalue weighted by molar-refractivity contribution is 0.146. The van der Waals surface area contributed by atoms with Gasteiger partial charge in [-0.2, -0.15) is 0 Å². The van der Waals surface area contributed by atoms with Gasteiger partial charge in [-0.05, 0) is 68.6 Å². The van der Waals surface area contributed by atoms with Crippen LogP contribution in [0, 0.1) is 5.82 Å². The maximum absolute atomic E-state index is 14.6. The molecule has 0 fully saturated rings. The van der Waals surface area contributed by atoms with E-state index in [0.29, 0.717) is 11.6 Å². The van der Waals surface area contributed by atoms with Crippen LogP contribution in [-0.2, 0) is 11.3 Å². The van der Waals surface area contributed by atoms with Crippen LogP contribution >= 0.6 is 15.9 Å². The predicted octanol–water partition coefficient (Wildman–Crippen LogP) is 8.90. The third-order valence-corrected chi connectivity index (χ3v) is 5.99. The number of ether oxygens (including phenoxy) is 1. The number of benzene rings is 1. The second kappa shape index (κ2) is 14.9. The molecule has 1 N–H and O–H groups in total. The number of alkyl halides is 2. The molecule has 0 amide bonds. The Morgan fingerprint density at radius 2 is 1.85 bits per heavy atom. The number of amidine groups is 1. The zero-order chi connectivity index (χ0) is 25.8. The van der Waals surface area contributed by atoms with Crippen molar-refractivity contribution in [1.29, 1.82) is 0 Å². The second-order valence-corrected chi connectivity index (χ2v) is 8.99. The van der Waals surface area contributed by atoms with Gasteiger partial charge in [0.05, 0.1) is 23.7 Å². The van der Waals surface area contributed by atoms with Crippen LogP contribution in [0.1, 0.15) is 78.4 Å². The van der Waals surface area contributed by atoms with Crippen LogP contribution in [0.25, 0.3) is 0 Å². The second-order valence-electron chi connectivity index (χ2n) is 8.14. The molecule has 0 bridgehead atoms. The molecular weight excluding hydrogens is 505 g/mol. The summed E-state index contributed by atoms with van der Waals surface area (Å²) in [5.74, 6) is 0.305. The van der Waals surface area contributed by atoms with Crippen molar-refractivity contribution in [3.63, 3.8) is 0 Å². The van der Waals surface area contributed by atoms with E-state index in [1.165, 1.54) is 12.1 Å². The lowest BCUT2D eigenvalue weighted by Gasteiger charge is -2.17. The molecule has 0 saturated carbocycles. The van der Waals surface area contributed by atoms with Crippen molar-refractivity contribution in [1.82, 2.24) is 5.32 Å². The molecule has 0 radical (unpaired) electrons. The topological polar surface area (TPSA) is 33.6 Å². The van der Waals surface area contributed by atoms with Crippen LogP contribution < -0.4 is 5.32 Å². The van der Waals surface area contributed by atoms with Gasteiger partial charge < -0.3 is 10.1 Å². The van der Waals surface area contributed by atoms with Crippen molar-refractivity contribution in [3.8, 4) is 0 Å². The van der Waals surface area contributed by atoms with Crippen molar-refractivity contribution in [3.05, 3.63) is 80.0 Å². The molecule has 0 aliphatic carbocycles. The third kappa shape index (κ3) is 8.82. The van der Waals surface area contributed by atoms with Crippen molar-refractivity contribution < 1.29 is 17.9 Å². The summed E-state index contributed by atoms with van der Waals surface area (Å²) in [6.45, 7) is 11.9. The highest BCUT2D eigenvalue weighted by atomic mass is 79.9. The molecule has 0 aliphatic heterocycles. The zero-order valence-corrected chi connectivity index (χ0v) is 22.7. The van der Waals surface area contributed by atoms with E-state index in [9.17, 15) is 13.2 Å². The van der Waals surface area contributed by atoms with Gasteiger partial charge in [-0.1, -0.05) is 49.6 Å². The van der Waals surface area contributed by atoms with Gasteiger partial charge in [0.25, 0.3) is 6.43 Å². The van der Waals surface area contributed by atoms with E-state index in [4.69, 9.17) is 4.74 Å². The highest BCUT2D eigenvalue weighted by molar-refractivity contribution is 9.12. The normalized spacial score (nSPS) is 13.7. The molecule has 0 aromatic heterocycles. The molecule has 0 aliphatic rings. The number of nitrogens with zero attached hydrogens (tertiary/aromatic N) is 1. The van der Waals surface area contributed by atoms with Gasteiger partial charge in [0.15, 0.2) is 0 Å². The van der Waals surface area contributed by atoms with Gasteiger partial charge in [0.1, 0.15) is 17.4 Å². The third-order valence-electron chi connectivity index (χ3n) is 5.37. The fourth-order valence-corrected chi connectivity index (χ4v) is 3.55. The molecule has 0 unspecified atom stereocenters. The van der Waals surface area contributed by atoms with Gasteiger partial charge in [-0.15, -0.1) is 0 Å². The molecule has 3 nitrogen and oxygen atoms in total. The van der Waals surface area contributed by atoms with E-state index >= 15 is 0 Å². The molecule has 1 aromatic carbocycles. The summed E-state index contributed by atoms with van der Waals surface area (Å²) in [4.78, 5) is 4.64. The van der Waals surface area contributed by atoms with Crippen LogP contribution in [0.3, 0.4) is 0 Å². The molecule has 1 aromatic rings. The highest BCUT2D eigenvalue weighted by Crippen LogP contribution is 2.26. The largest absolute Gasteiger partial charge is 0.496 e. The first-order valence-electron chi connectivity index (χ1n) is 11.4. The molecule has 188 valence electrons. The van der Waals surface area contributed by atoms with E-state index in [-0.39, 0.29) is 12.1 Å². The maximum Gasteiger partial charge on any atom is 0.266 e. The summed E-state index contributed by atoms with van der Waals surface area (Å²) in [7, 11) is 1.61. The van der Waals surface area contributed by atoms with E-state index < -0.39 is 17.8 Å². The number of nitrogens with one attached hydrogen (secondary N) is 1. The predicted molar refractivity (Wildman–Crippen MR) is 140 cm³/mol. The summed E-state index contributed by atoms with van der Waals surface area (Å²) in [5.41, 5.74) is 3.34. The maximum atomic E-state index is 14.6. The molecule has 0 atom stereocenters. The minimum atomic E-state index is -2.88. The summed E-state index contributed by atoms with van der Waals surface area (Å²) in [6, 6.07) is 4.00. The summed E-state index contributed by atoms with van der Waals surface area (Å²) < 4.78 is 47.2. The SMILES string of the molecule is CCC/C=C(OC)/C(Br)=C\C(C(=NCc1cccc(C(F)F)c1F)N/C(C)=C(\C)CC)=C(C)C. The molecule has 0 heterocycles. The highest BCUT2D eigenvalue weighted by Gasteiger charge is 2.17. The number of aliphatic imine (C=N–C) groups is 1. The molecule has 34 heavy (non-hydrogen) atoms. The van der Waals surface area contributed by atoms with Crippen LogP contribution in [0.2, 0.25) is 0 Å². The number of methoxy groups -OCH3 is 1. The average molecular weight is 541 g/mol. The minimum absolute atomic E-state index is 0.0851. The fourth-order valence-electron chi connectivity index (χ4n) is 3.00. The number of halogens is 4. The number of hydrogen-bond donors (Lipinski definition) is 1. The summed E-state index contributed by atoms with van der Waals surface area (Å²) in [6.07, 6.45) is 3.74. The first-order chi connectivity index (χ1) is 16.1. The van der Waals surface area contributed by atoms with Crippen molar-refractivity contribution in [2.75, 3.05) is 7.11 Å². The molecule has 1 rings (SSSR count). The number of hydrogen-bond acceptors (Lipinski definition) is 2. The number of allylic oxidation sites excluding steroid dienone is 5. The van der Waals surface area contributed by atoms with Crippen LogP contribution in [0.5, 0.6) is 0 Å². The fraction of sp³-hybridized carbons (Fsp3) is 0.444. The Morgan fingerprint density at radius 3 is 2.38 bits per heavy atom. The van der Waals surface area contributed by atoms with E-state index in [1.54, 1.807) is 7.11 Å². The van der Waals surface area contributed by atoms with E-state index in [2.05, 4.69) is 40.1 Å². The average Bonchev–Trinajstić information content (AvgIpc) is 2.80. The quantitative estimate of drug-likeness (QED) is 0.131. The summed E-state index contributed by atoms with van der Waals surface area (Å²) >= 11 is 3.61. The molecular formula is C27H36BrF3N2O. The minimum Gasteiger partial charge on any atom is -0.496 e. The smallest absolute Gasteiger partial charge is 0.266 e. The first kappa shape index (κ1) is 29.8. The number of unbranched alkanes of at least 4 members (excludes halogenated alkanes) is 1. The van der Waals surface area contributed by atoms with Crippen molar-refractivity contribution >= 4 is 21.8 Å². The Hall–Kier alpha value is -2.28. The van der Waals surface area contributed by atoms with Crippen molar-refractivity contribution in [2.45, 2.75) is 73.8 Å². The Balaban J connectivity index is 3.57. The van der Waals surface area contributed by atoms with Gasteiger partial charge in [0, 0.05) is 16.8 Å². The molecule has 0 spiro atoms. The van der Waals surface area contributed by atoms with Gasteiger partial charge in [-0.3, -0.25) is 4.99 Å². The Morgan fingerprint density at radius 1 is 1.18 bits per heavy atom. The molecule has 0 saturated heterocycles. The zero-order valence-electron chi connectivity index (χ0n) is 21.2. The Kier molecular flexibility index (Phi) is 13.0. The van der Waals surface area contributed by atoms with E-state index in [0.717, 1.165) is 52.2 Å². The lowest BCUT2D eigenvalue weighted by atomic mass is 10.1. The van der Waals surface area contributed by atoms with Crippen LogP contribution in [0.15, 0.2) is 68.0 Å². The monoisotopic (exact) mass is 540 g/mol. The molecule has 7 heteroatoms. The summed E-state index contributed by atoms with van der Waals surface area (Å²) in [5, 5.41) is 3.36. The van der Waals surface area contributed by atoms with Gasteiger partial charge in [0.2, 0.25) is 0 Å².